The van der Waals surface area contributed by atoms with Gasteiger partial charge >= 0.3 is 18.3 Å². The number of halogens is 7. The molecule has 2 aromatic rings. The van der Waals surface area contributed by atoms with Gasteiger partial charge in [0.05, 0.1) is 29.3 Å². The van der Waals surface area contributed by atoms with Crippen LogP contribution in [0.1, 0.15) is 54.0 Å². The highest BCUT2D eigenvalue weighted by molar-refractivity contribution is 5.72. The molecule has 174 valence electrons. The van der Waals surface area contributed by atoms with Crippen LogP contribution in [0.5, 0.6) is 0 Å². The maximum atomic E-state index is 13.3. The second-order valence-electron chi connectivity index (χ2n) is 7.76. The van der Waals surface area contributed by atoms with Crippen molar-refractivity contribution in [2.75, 3.05) is 0 Å². The first kappa shape index (κ1) is 24.0. The number of ether oxygens (including phenoxy) is 1. The van der Waals surface area contributed by atoms with Gasteiger partial charge in [0, 0.05) is 5.92 Å². The topological polar surface area (TPSA) is 46.5 Å². The van der Waals surface area contributed by atoms with Crippen molar-refractivity contribution in [3.05, 3.63) is 70.5 Å². The van der Waals surface area contributed by atoms with E-state index in [9.17, 15) is 40.6 Å². The molecule has 32 heavy (non-hydrogen) atoms. The molecule has 1 N–H and O–H groups in total. The van der Waals surface area contributed by atoms with Gasteiger partial charge in [0.2, 0.25) is 0 Å². The molecule has 0 aliphatic heterocycles. The van der Waals surface area contributed by atoms with Gasteiger partial charge in [0.25, 0.3) is 0 Å². The third kappa shape index (κ3) is 5.23. The Hall–Kier alpha value is -2.62. The SMILES string of the molecule is C[C@@H](O[C@H]1CC[C@@H](C(=O)O)C1c1ccc(F)cc1)c1cc(C(F)(F)F)cc(C(F)(F)F)c1. The summed E-state index contributed by atoms with van der Waals surface area (Å²) in [6.45, 7) is 1.31. The molecule has 2 aromatic carbocycles. The summed E-state index contributed by atoms with van der Waals surface area (Å²) in [4.78, 5) is 11.7. The zero-order chi connectivity index (χ0) is 23.8. The molecule has 4 atom stereocenters. The standard InChI is InChI=1S/C22H19F7O3/c1-11(13-8-14(21(24,25)26)10-15(9-13)22(27,28)29)32-18-7-6-17(20(30)31)19(18)12-2-4-16(23)5-3-12/h2-5,8-11,17-19H,6-7H2,1H3,(H,30,31)/t11-,17-,18+,19?/m1/s1. The zero-order valence-corrected chi connectivity index (χ0v) is 16.7. The number of hydrogen-bond donors (Lipinski definition) is 1. The first-order valence-corrected chi connectivity index (χ1v) is 9.70. The minimum atomic E-state index is -4.99. The Morgan fingerprint density at radius 2 is 1.50 bits per heavy atom. The molecule has 0 spiro atoms. The van der Waals surface area contributed by atoms with Crippen molar-refractivity contribution in [2.24, 2.45) is 5.92 Å². The summed E-state index contributed by atoms with van der Waals surface area (Å²) in [5.74, 6) is -3.27. The Morgan fingerprint density at radius 3 is 1.97 bits per heavy atom. The van der Waals surface area contributed by atoms with Crippen LogP contribution >= 0.6 is 0 Å². The largest absolute Gasteiger partial charge is 0.481 e. The van der Waals surface area contributed by atoms with Crippen molar-refractivity contribution in [1.82, 2.24) is 0 Å². The molecule has 10 heteroatoms. The molecule has 0 radical (unpaired) electrons. The molecule has 0 aromatic heterocycles. The lowest BCUT2D eigenvalue weighted by Crippen LogP contribution is -2.26. The van der Waals surface area contributed by atoms with Gasteiger partial charge in [-0.25, -0.2) is 4.39 Å². The molecule has 0 heterocycles. The highest BCUT2D eigenvalue weighted by Gasteiger charge is 2.43. The zero-order valence-electron chi connectivity index (χ0n) is 16.7. The number of carboxylic acid groups (broad SMARTS) is 1. The van der Waals surface area contributed by atoms with Crippen molar-refractivity contribution in [3.63, 3.8) is 0 Å². The van der Waals surface area contributed by atoms with Crippen LogP contribution in [0.3, 0.4) is 0 Å². The third-order valence-corrected chi connectivity index (χ3v) is 5.63. The van der Waals surface area contributed by atoms with E-state index < -0.39 is 59.3 Å². The molecule has 0 saturated heterocycles. The smallest absolute Gasteiger partial charge is 0.416 e. The van der Waals surface area contributed by atoms with Gasteiger partial charge in [-0.2, -0.15) is 26.3 Å². The monoisotopic (exact) mass is 464 g/mol. The van der Waals surface area contributed by atoms with Gasteiger partial charge in [-0.3, -0.25) is 4.79 Å². The van der Waals surface area contributed by atoms with Gasteiger partial charge in [-0.05, 0) is 61.2 Å². The first-order valence-electron chi connectivity index (χ1n) is 9.70. The Balaban J connectivity index is 1.93. The quantitative estimate of drug-likeness (QED) is 0.508. The first-order chi connectivity index (χ1) is 14.8. The average Bonchev–Trinajstić information content (AvgIpc) is 3.10. The van der Waals surface area contributed by atoms with Gasteiger partial charge < -0.3 is 9.84 Å². The fraction of sp³-hybridized carbons (Fsp3) is 0.409. The normalized spacial score (nSPS) is 22.7. The second-order valence-corrected chi connectivity index (χ2v) is 7.76. The molecule has 3 nitrogen and oxygen atoms in total. The number of carboxylic acids is 1. The number of hydrogen-bond acceptors (Lipinski definition) is 2. The van der Waals surface area contributed by atoms with E-state index in [1.54, 1.807) is 0 Å². The van der Waals surface area contributed by atoms with Crippen molar-refractivity contribution < 1.29 is 45.4 Å². The van der Waals surface area contributed by atoms with E-state index in [1.807, 2.05) is 0 Å². The van der Waals surface area contributed by atoms with E-state index in [0.717, 1.165) is 12.1 Å². The molecule has 1 saturated carbocycles. The van der Waals surface area contributed by atoms with E-state index in [0.29, 0.717) is 17.7 Å². The van der Waals surface area contributed by atoms with Crippen LogP contribution in [0.2, 0.25) is 0 Å². The molecular weight excluding hydrogens is 445 g/mol. The third-order valence-electron chi connectivity index (χ3n) is 5.63. The average molecular weight is 464 g/mol. The lowest BCUT2D eigenvalue weighted by Gasteiger charge is -2.27. The van der Waals surface area contributed by atoms with Gasteiger partial charge in [0.15, 0.2) is 0 Å². The minimum absolute atomic E-state index is 0.0353. The Labute approximate surface area is 178 Å². The molecule has 1 unspecified atom stereocenters. The Morgan fingerprint density at radius 1 is 0.969 bits per heavy atom. The summed E-state index contributed by atoms with van der Waals surface area (Å²) in [7, 11) is 0. The fourth-order valence-corrected chi connectivity index (χ4v) is 4.08. The van der Waals surface area contributed by atoms with E-state index in [1.165, 1.54) is 19.1 Å². The maximum absolute atomic E-state index is 13.3. The predicted molar refractivity (Wildman–Crippen MR) is 99.2 cm³/mol. The van der Waals surface area contributed by atoms with E-state index in [2.05, 4.69) is 0 Å². The highest BCUT2D eigenvalue weighted by Crippen LogP contribution is 2.44. The van der Waals surface area contributed by atoms with Crippen molar-refractivity contribution in [1.29, 1.82) is 0 Å². The summed E-state index contributed by atoms with van der Waals surface area (Å²) in [5.41, 5.74) is -2.78. The fourth-order valence-electron chi connectivity index (χ4n) is 4.08. The lowest BCUT2D eigenvalue weighted by molar-refractivity contribution is -0.144. The Kier molecular flexibility index (Phi) is 6.55. The molecular formula is C22H19F7O3. The summed E-state index contributed by atoms with van der Waals surface area (Å²) in [5, 5.41) is 9.54. The van der Waals surface area contributed by atoms with Gasteiger partial charge in [-0.15, -0.1) is 0 Å². The minimum Gasteiger partial charge on any atom is -0.481 e. The van der Waals surface area contributed by atoms with Crippen molar-refractivity contribution in [3.8, 4) is 0 Å². The molecule has 3 rings (SSSR count). The van der Waals surface area contributed by atoms with Crippen LogP contribution in [-0.4, -0.2) is 17.2 Å². The number of rotatable bonds is 5. The number of aliphatic carboxylic acids is 1. The van der Waals surface area contributed by atoms with Crippen LogP contribution in [0.25, 0.3) is 0 Å². The number of benzene rings is 2. The van der Waals surface area contributed by atoms with E-state index >= 15 is 0 Å². The van der Waals surface area contributed by atoms with Crippen LogP contribution in [0.15, 0.2) is 42.5 Å². The summed E-state index contributed by atoms with van der Waals surface area (Å²) < 4.78 is 98.1. The predicted octanol–water partition coefficient (Wildman–Crippen LogP) is 6.59. The summed E-state index contributed by atoms with van der Waals surface area (Å²) >= 11 is 0. The molecule has 1 aliphatic carbocycles. The molecule has 1 fully saturated rings. The van der Waals surface area contributed by atoms with Crippen LogP contribution in [0, 0.1) is 11.7 Å². The highest BCUT2D eigenvalue weighted by atomic mass is 19.4. The lowest BCUT2D eigenvalue weighted by atomic mass is 9.87. The number of carbonyl (C=O) groups is 1. The van der Waals surface area contributed by atoms with Crippen LogP contribution < -0.4 is 0 Å². The molecule has 0 amide bonds. The summed E-state index contributed by atoms with van der Waals surface area (Å²) in [6, 6.07) is 6.31. The number of alkyl halides is 6. The molecule has 1 aliphatic rings. The van der Waals surface area contributed by atoms with Gasteiger partial charge in [0.1, 0.15) is 5.82 Å². The van der Waals surface area contributed by atoms with E-state index in [-0.39, 0.29) is 24.5 Å². The molecule has 0 bridgehead atoms. The van der Waals surface area contributed by atoms with Crippen LogP contribution in [-0.2, 0) is 21.9 Å². The summed E-state index contributed by atoms with van der Waals surface area (Å²) in [6.07, 6.45) is -11.5. The Bertz CT molecular complexity index is 935. The van der Waals surface area contributed by atoms with E-state index in [4.69, 9.17) is 4.74 Å². The van der Waals surface area contributed by atoms with Crippen molar-refractivity contribution in [2.45, 2.75) is 50.2 Å². The van der Waals surface area contributed by atoms with Gasteiger partial charge in [-0.1, -0.05) is 12.1 Å². The second kappa shape index (κ2) is 8.73. The van der Waals surface area contributed by atoms with Crippen molar-refractivity contribution >= 4 is 5.97 Å². The maximum Gasteiger partial charge on any atom is 0.416 e. The van der Waals surface area contributed by atoms with Crippen LogP contribution in [0.4, 0.5) is 30.7 Å².